The number of nitrogens with zero attached hydrogens (tertiary/aromatic N) is 2. The first-order valence-corrected chi connectivity index (χ1v) is 11.0. The number of hydrogen-bond donors (Lipinski definition) is 1. The molecule has 6 nitrogen and oxygen atoms in total. The van der Waals surface area contributed by atoms with Gasteiger partial charge in [0.2, 0.25) is 10.0 Å². The normalized spacial score (nSPS) is 13.6. The van der Waals surface area contributed by atoms with Crippen LogP contribution in [0.1, 0.15) is 45.1 Å². The van der Waals surface area contributed by atoms with E-state index < -0.39 is 16.1 Å². The van der Waals surface area contributed by atoms with Crippen molar-refractivity contribution >= 4 is 20.9 Å². The molecule has 0 fully saturated rings. The van der Waals surface area contributed by atoms with Crippen molar-refractivity contribution in [2.24, 2.45) is 12.5 Å². The van der Waals surface area contributed by atoms with Gasteiger partial charge in [0, 0.05) is 7.05 Å². The van der Waals surface area contributed by atoms with Gasteiger partial charge in [-0.1, -0.05) is 45.0 Å². The molecule has 1 N–H and O–H groups in total. The highest BCUT2D eigenvalue weighted by Gasteiger charge is 2.22. The van der Waals surface area contributed by atoms with Crippen LogP contribution >= 0.6 is 0 Å². The van der Waals surface area contributed by atoms with Crippen molar-refractivity contribution in [2.75, 3.05) is 0 Å². The molecular weight excluding hydrogens is 386 g/mol. The van der Waals surface area contributed by atoms with E-state index in [-0.39, 0.29) is 15.9 Å². The minimum absolute atomic E-state index is 0.125. The van der Waals surface area contributed by atoms with Crippen molar-refractivity contribution in [3.05, 3.63) is 70.3 Å². The average molecular weight is 414 g/mol. The molecule has 7 heteroatoms. The number of fused-ring (bicyclic) bond motifs is 1. The van der Waals surface area contributed by atoms with Gasteiger partial charge in [0.15, 0.2) is 0 Å². The molecule has 1 aromatic heterocycles. The summed E-state index contributed by atoms with van der Waals surface area (Å²) in [5.41, 5.74) is 1.55. The Balaban J connectivity index is 1.88. The lowest BCUT2D eigenvalue weighted by atomic mass is 9.88. The van der Waals surface area contributed by atoms with E-state index in [1.54, 1.807) is 50.4 Å². The van der Waals surface area contributed by atoms with E-state index >= 15 is 0 Å². The van der Waals surface area contributed by atoms with Gasteiger partial charge >= 0.3 is 0 Å². The van der Waals surface area contributed by atoms with Gasteiger partial charge in [-0.2, -0.15) is 0 Å². The molecule has 1 heterocycles. The third kappa shape index (κ3) is 4.74. The molecule has 0 aliphatic rings. The lowest BCUT2D eigenvalue weighted by molar-refractivity contribution is 0.411. The summed E-state index contributed by atoms with van der Waals surface area (Å²) in [6.45, 7) is 8.10. The van der Waals surface area contributed by atoms with Gasteiger partial charge in [-0.05, 0) is 48.6 Å². The van der Waals surface area contributed by atoms with E-state index in [0.29, 0.717) is 16.7 Å². The third-order valence-electron chi connectivity index (χ3n) is 4.71. The molecule has 0 aliphatic heterocycles. The first kappa shape index (κ1) is 21.2. The standard InChI is InChI=1S/C22H27N3O3S/c1-15(20-23-19-9-7-6-8-18(19)21(26)25(20)5)24-29(27,28)17-12-10-16(11-13-17)14-22(2,3)4/h6-13,15,24H,14H2,1-5H3. The molecule has 2 aromatic carbocycles. The first-order chi connectivity index (χ1) is 13.5. The predicted molar refractivity (Wildman–Crippen MR) is 115 cm³/mol. The summed E-state index contributed by atoms with van der Waals surface area (Å²) in [4.78, 5) is 17.3. The highest BCUT2D eigenvalue weighted by molar-refractivity contribution is 7.89. The smallest absolute Gasteiger partial charge is 0.261 e. The minimum Gasteiger partial charge on any atom is -0.298 e. The Morgan fingerprint density at radius 3 is 2.31 bits per heavy atom. The van der Waals surface area contributed by atoms with Gasteiger partial charge in [-0.25, -0.2) is 18.1 Å². The highest BCUT2D eigenvalue weighted by Crippen LogP contribution is 2.22. The monoisotopic (exact) mass is 413 g/mol. The summed E-state index contributed by atoms with van der Waals surface area (Å²) < 4.78 is 29.7. The van der Waals surface area contributed by atoms with E-state index in [4.69, 9.17) is 0 Å². The average Bonchev–Trinajstić information content (AvgIpc) is 2.63. The first-order valence-electron chi connectivity index (χ1n) is 9.55. The van der Waals surface area contributed by atoms with Crippen molar-refractivity contribution in [1.29, 1.82) is 0 Å². The van der Waals surface area contributed by atoms with E-state index in [1.165, 1.54) is 4.57 Å². The number of rotatable bonds is 5. The number of hydrogen-bond acceptors (Lipinski definition) is 4. The van der Waals surface area contributed by atoms with E-state index in [9.17, 15) is 13.2 Å². The molecule has 1 unspecified atom stereocenters. The zero-order valence-corrected chi connectivity index (χ0v) is 18.2. The summed E-state index contributed by atoms with van der Waals surface area (Å²) in [6.07, 6.45) is 0.861. The van der Waals surface area contributed by atoms with Crippen LogP contribution in [0.2, 0.25) is 0 Å². The quantitative estimate of drug-likeness (QED) is 0.693. The van der Waals surface area contributed by atoms with Crippen LogP contribution < -0.4 is 10.3 Å². The topological polar surface area (TPSA) is 81.1 Å². The van der Waals surface area contributed by atoms with Crippen LogP contribution in [0.4, 0.5) is 0 Å². The minimum atomic E-state index is -3.76. The summed E-state index contributed by atoms with van der Waals surface area (Å²) in [6, 6.07) is 13.3. The maximum atomic E-state index is 12.8. The Morgan fingerprint density at radius 2 is 1.69 bits per heavy atom. The molecule has 0 radical (unpaired) electrons. The van der Waals surface area contributed by atoms with Crippen molar-refractivity contribution in [3.63, 3.8) is 0 Å². The van der Waals surface area contributed by atoms with Crippen LogP contribution in [-0.4, -0.2) is 18.0 Å². The van der Waals surface area contributed by atoms with Crippen LogP contribution in [0, 0.1) is 5.41 Å². The molecule has 3 aromatic rings. The van der Waals surface area contributed by atoms with Gasteiger partial charge in [0.05, 0.1) is 21.8 Å². The maximum absolute atomic E-state index is 12.8. The Bertz CT molecular complexity index is 1190. The molecule has 29 heavy (non-hydrogen) atoms. The summed E-state index contributed by atoms with van der Waals surface area (Å²) >= 11 is 0. The Hall–Kier alpha value is -2.51. The fraction of sp³-hybridized carbons (Fsp3) is 0.364. The third-order valence-corrected chi connectivity index (χ3v) is 6.26. The fourth-order valence-corrected chi connectivity index (χ4v) is 4.58. The van der Waals surface area contributed by atoms with Crippen LogP contribution in [0.3, 0.4) is 0 Å². The molecule has 0 spiro atoms. The lowest BCUT2D eigenvalue weighted by Crippen LogP contribution is -2.32. The van der Waals surface area contributed by atoms with Crippen LogP contribution in [0.15, 0.2) is 58.2 Å². The number of aromatic nitrogens is 2. The molecule has 1 atom stereocenters. The number of para-hydroxylation sites is 1. The number of sulfonamides is 1. The summed E-state index contributed by atoms with van der Waals surface area (Å²) in [5.74, 6) is 0.363. The van der Waals surface area contributed by atoms with Crippen molar-refractivity contribution in [3.8, 4) is 0 Å². The molecule has 3 rings (SSSR count). The Kier molecular flexibility index (Phi) is 5.65. The lowest BCUT2D eigenvalue weighted by Gasteiger charge is -2.19. The van der Waals surface area contributed by atoms with Gasteiger partial charge < -0.3 is 0 Å². The molecular formula is C22H27N3O3S. The van der Waals surface area contributed by atoms with E-state index in [0.717, 1.165) is 12.0 Å². The Labute approximate surface area is 171 Å². The van der Waals surface area contributed by atoms with Gasteiger partial charge in [-0.15, -0.1) is 0 Å². The van der Waals surface area contributed by atoms with Crippen LogP contribution in [0.5, 0.6) is 0 Å². The van der Waals surface area contributed by atoms with Crippen LogP contribution in [-0.2, 0) is 23.5 Å². The second-order valence-corrected chi connectivity index (χ2v) is 10.3. The summed E-state index contributed by atoms with van der Waals surface area (Å²) in [7, 11) is -2.16. The van der Waals surface area contributed by atoms with E-state index in [1.807, 2.05) is 12.1 Å². The molecule has 0 bridgehead atoms. The fourth-order valence-electron chi connectivity index (χ4n) is 3.37. The zero-order chi connectivity index (χ0) is 21.4. The van der Waals surface area contributed by atoms with Crippen molar-refractivity contribution in [2.45, 2.75) is 45.1 Å². The number of benzene rings is 2. The second kappa shape index (κ2) is 7.72. The second-order valence-electron chi connectivity index (χ2n) is 8.58. The van der Waals surface area contributed by atoms with Gasteiger partial charge in [-0.3, -0.25) is 9.36 Å². The number of nitrogens with one attached hydrogen (secondary N) is 1. The zero-order valence-electron chi connectivity index (χ0n) is 17.4. The summed E-state index contributed by atoms with van der Waals surface area (Å²) in [5, 5.41) is 0.503. The largest absolute Gasteiger partial charge is 0.298 e. The Morgan fingerprint density at radius 1 is 1.07 bits per heavy atom. The molecule has 0 saturated carbocycles. The molecule has 0 aliphatic carbocycles. The SMILES string of the molecule is CC(NS(=O)(=O)c1ccc(CC(C)(C)C)cc1)c1nc2ccccc2c(=O)n1C. The van der Waals surface area contributed by atoms with Gasteiger partial charge in [0.1, 0.15) is 5.82 Å². The van der Waals surface area contributed by atoms with Crippen molar-refractivity contribution < 1.29 is 8.42 Å². The van der Waals surface area contributed by atoms with E-state index in [2.05, 4.69) is 30.5 Å². The molecule has 154 valence electrons. The molecule has 0 amide bonds. The van der Waals surface area contributed by atoms with Crippen LogP contribution in [0.25, 0.3) is 10.9 Å². The highest BCUT2D eigenvalue weighted by atomic mass is 32.2. The maximum Gasteiger partial charge on any atom is 0.261 e. The predicted octanol–water partition coefficient (Wildman–Crippen LogP) is 3.56. The molecule has 0 saturated heterocycles. The van der Waals surface area contributed by atoms with Crippen molar-refractivity contribution in [1.82, 2.24) is 14.3 Å². The van der Waals surface area contributed by atoms with Gasteiger partial charge in [0.25, 0.3) is 5.56 Å².